The number of rotatable bonds is 7. The lowest BCUT2D eigenvalue weighted by atomic mass is 10.0. The van der Waals surface area contributed by atoms with Gasteiger partial charge in [0.2, 0.25) is 5.91 Å². The zero-order valence-electron chi connectivity index (χ0n) is 16.6. The summed E-state index contributed by atoms with van der Waals surface area (Å²) in [6.07, 6.45) is 4.11. The van der Waals surface area contributed by atoms with Crippen molar-refractivity contribution in [1.29, 1.82) is 0 Å². The molecule has 5 nitrogen and oxygen atoms in total. The van der Waals surface area contributed by atoms with Crippen LogP contribution >= 0.6 is 11.3 Å². The van der Waals surface area contributed by atoms with Crippen LogP contribution in [0.15, 0.2) is 90.0 Å². The summed E-state index contributed by atoms with van der Waals surface area (Å²) in [6.45, 7) is 0. The van der Waals surface area contributed by atoms with Crippen molar-refractivity contribution in [2.75, 3.05) is 17.3 Å². The Labute approximate surface area is 180 Å². The molecular weight excluding hydrogens is 392 g/mol. The lowest BCUT2D eigenvalue weighted by Gasteiger charge is -2.27. The number of nitrogens with one attached hydrogen (secondary N) is 1. The third-order valence-corrected chi connectivity index (χ3v) is 5.54. The van der Waals surface area contributed by atoms with Crippen molar-refractivity contribution in [2.24, 2.45) is 0 Å². The number of pyridine rings is 1. The Kier molecular flexibility index (Phi) is 6.15. The van der Waals surface area contributed by atoms with Gasteiger partial charge in [-0.2, -0.15) is 0 Å². The SMILES string of the molecule is CN(c1cscn1)[C@H](Cc1ccccc1)C(=O)Nc1cccc(-c2ccncc2)c1. The molecule has 150 valence electrons. The highest BCUT2D eigenvalue weighted by molar-refractivity contribution is 7.07. The van der Waals surface area contributed by atoms with Gasteiger partial charge < -0.3 is 10.2 Å². The number of amides is 1. The van der Waals surface area contributed by atoms with Gasteiger partial charge in [-0.1, -0.05) is 42.5 Å². The van der Waals surface area contributed by atoms with Crippen LogP contribution in [0.3, 0.4) is 0 Å². The molecule has 6 heteroatoms. The minimum absolute atomic E-state index is 0.0683. The molecule has 2 aromatic carbocycles. The van der Waals surface area contributed by atoms with Crippen LogP contribution in [0, 0.1) is 0 Å². The molecule has 1 N–H and O–H groups in total. The highest BCUT2D eigenvalue weighted by Crippen LogP contribution is 2.23. The lowest BCUT2D eigenvalue weighted by molar-refractivity contribution is -0.117. The quantitative estimate of drug-likeness (QED) is 0.468. The van der Waals surface area contributed by atoms with E-state index in [9.17, 15) is 4.79 Å². The first kappa shape index (κ1) is 19.8. The number of hydrogen-bond donors (Lipinski definition) is 1. The average molecular weight is 415 g/mol. The molecule has 0 aliphatic rings. The van der Waals surface area contributed by atoms with E-state index in [4.69, 9.17) is 0 Å². The second-order valence-electron chi connectivity index (χ2n) is 6.97. The number of nitrogens with zero attached hydrogens (tertiary/aromatic N) is 3. The van der Waals surface area contributed by atoms with E-state index in [0.717, 1.165) is 28.2 Å². The van der Waals surface area contributed by atoms with Gasteiger partial charge in [-0.05, 0) is 41.0 Å². The first-order valence-electron chi connectivity index (χ1n) is 9.67. The van der Waals surface area contributed by atoms with E-state index in [2.05, 4.69) is 15.3 Å². The van der Waals surface area contributed by atoms with Crippen LogP contribution in [0.1, 0.15) is 5.56 Å². The van der Waals surface area contributed by atoms with Gasteiger partial charge in [0.05, 0.1) is 5.51 Å². The zero-order chi connectivity index (χ0) is 20.8. The summed E-state index contributed by atoms with van der Waals surface area (Å²) in [6, 6.07) is 21.4. The third-order valence-electron chi connectivity index (χ3n) is 4.97. The molecule has 30 heavy (non-hydrogen) atoms. The molecule has 1 amide bonds. The fourth-order valence-corrected chi connectivity index (χ4v) is 3.91. The van der Waals surface area contributed by atoms with E-state index >= 15 is 0 Å². The molecule has 2 heterocycles. The van der Waals surface area contributed by atoms with Crippen LogP contribution in [0.5, 0.6) is 0 Å². The second kappa shape index (κ2) is 9.33. The number of carbonyl (C=O) groups excluding carboxylic acids is 1. The lowest BCUT2D eigenvalue weighted by Crippen LogP contribution is -2.43. The largest absolute Gasteiger partial charge is 0.347 e. The summed E-state index contributed by atoms with van der Waals surface area (Å²) >= 11 is 1.52. The standard InChI is InChI=1S/C24H22N4OS/c1-28(23-16-30-17-26-23)22(14-18-6-3-2-4-7-18)24(29)27-21-9-5-8-20(15-21)19-10-12-25-13-11-19/h2-13,15-17,22H,14H2,1H3,(H,27,29)/t22-/m1/s1. The number of thiazole rings is 1. The predicted molar refractivity (Wildman–Crippen MR) is 123 cm³/mol. The molecule has 4 aromatic rings. The fourth-order valence-electron chi connectivity index (χ4n) is 3.33. The Hall–Kier alpha value is -3.51. The van der Waals surface area contributed by atoms with E-state index in [1.807, 2.05) is 84.1 Å². The van der Waals surface area contributed by atoms with Gasteiger partial charge in [0.25, 0.3) is 0 Å². The fraction of sp³-hybridized carbons (Fsp3) is 0.125. The summed E-state index contributed by atoms with van der Waals surface area (Å²) in [5, 5.41) is 5.05. The number of carbonyl (C=O) groups is 1. The summed E-state index contributed by atoms with van der Waals surface area (Å²) in [7, 11) is 1.91. The van der Waals surface area contributed by atoms with Crippen molar-refractivity contribution in [3.63, 3.8) is 0 Å². The van der Waals surface area contributed by atoms with E-state index < -0.39 is 0 Å². The molecule has 1 atom stereocenters. The second-order valence-corrected chi connectivity index (χ2v) is 7.69. The van der Waals surface area contributed by atoms with Gasteiger partial charge >= 0.3 is 0 Å². The average Bonchev–Trinajstić information content (AvgIpc) is 3.33. The Morgan fingerprint density at radius 3 is 2.57 bits per heavy atom. The van der Waals surface area contributed by atoms with Crippen LogP contribution in [0.2, 0.25) is 0 Å². The summed E-state index contributed by atoms with van der Waals surface area (Å²) in [4.78, 5) is 23.7. The molecule has 0 bridgehead atoms. The van der Waals surface area contributed by atoms with Gasteiger partial charge in [0.15, 0.2) is 0 Å². The summed E-state index contributed by atoms with van der Waals surface area (Å²) in [5.41, 5.74) is 5.73. The van der Waals surface area contributed by atoms with Crippen molar-refractivity contribution >= 4 is 28.7 Å². The maximum atomic E-state index is 13.3. The van der Waals surface area contributed by atoms with Crippen molar-refractivity contribution in [2.45, 2.75) is 12.5 Å². The first-order valence-corrected chi connectivity index (χ1v) is 10.6. The first-order chi connectivity index (χ1) is 14.7. The number of likely N-dealkylation sites (N-methyl/N-ethyl adjacent to an activating group) is 1. The van der Waals surface area contributed by atoms with Crippen LogP contribution in [0.25, 0.3) is 11.1 Å². The van der Waals surface area contributed by atoms with Crippen molar-refractivity contribution in [3.05, 3.63) is 95.6 Å². The van der Waals surface area contributed by atoms with Crippen molar-refractivity contribution < 1.29 is 4.79 Å². The Morgan fingerprint density at radius 1 is 1.03 bits per heavy atom. The molecule has 4 rings (SSSR count). The predicted octanol–water partition coefficient (Wildman–Crippen LogP) is 4.89. The van der Waals surface area contributed by atoms with E-state index in [0.29, 0.717) is 6.42 Å². The molecule has 0 fully saturated rings. The summed E-state index contributed by atoms with van der Waals surface area (Å²) in [5.74, 6) is 0.725. The molecular formula is C24H22N4OS. The molecule has 2 aromatic heterocycles. The third kappa shape index (κ3) is 4.72. The molecule has 0 saturated heterocycles. The Bertz CT molecular complexity index is 1080. The van der Waals surface area contributed by atoms with Gasteiger partial charge in [-0.3, -0.25) is 9.78 Å². The molecule has 0 saturated carbocycles. The monoisotopic (exact) mass is 414 g/mol. The van der Waals surface area contributed by atoms with Gasteiger partial charge in [-0.15, -0.1) is 11.3 Å². The zero-order valence-corrected chi connectivity index (χ0v) is 17.4. The minimum atomic E-state index is -0.390. The van der Waals surface area contributed by atoms with Crippen molar-refractivity contribution in [1.82, 2.24) is 9.97 Å². The van der Waals surface area contributed by atoms with Gasteiger partial charge in [0.1, 0.15) is 11.9 Å². The normalized spacial score (nSPS) is 11.6. The van der Waals surface area contributed by atoms with E-state index in [-0.39, 0.29) is 11.9 Å². The Morgan fingerprint density at radius 2 is 1.83 bits per heavy atom. The smallest absolute Gasteiger partial charge is 0.247 e. The molecule has 0 aliphatic carbocycles. The highest BCUT2D eigenvalue weighted by atomic mass is 32.1. The van der Waals surface area contributed by atoms with Crippen molar-refractivity contribution in [3.8, 4) is 11.1 Å². The highest BCUT2D eigenvalue weighted by Gasteiger charge is 2.25. The minimum Gasteiger partial charge on any atom is -0.347 e. The van der Waals surface area contributed by atoms with Crippen LogP contribution in [0.4, 0.5) is 11.5 Å². The number of aromatic nitrogens is 2. The summed E-state index contributed by atoms with van der Waals surface area (Å²) < 4.78 is 0. The topological polar surface area (TPSA) is 58.1 Å². The van der Waals surface area contributed by atoms with E-state index in [1.54, 1.807) is 17.9 Å². The maximum Gasteiger partial charge on any atom is 0.247 e. The molecule has 0 spiro atoms. The van der Waals surface area contributed by atoms with Gasteiger partial charge in [-0.25, -0.2) is 4.98 Å². The Balaban J connectivity index is 1.57. The van der Waals surface area contributed by atoms with Crippen LogP contribution in [-0.4, -0.2) is 29.0 Å². The maximum absolute atomic E-state index is 13.3. The number of anilines is 2. The number of hydrogen-bond acceptors (Lipinski definition) is 5. The number of benzene rings is 2. The van der Waals surface area contributed by atoms with Crippen LogP contribution in [-0.2, 0) is 11.2 Å². The molecule has 0 aliphatic heterocycles. The van der Waals surface area contributed by atoms with Crippen LogP contribution < -0.4 is 10.2 Å². The molecule has 0 unspecified atom stereocenters. The van der Waals surface area contributed by atoms with Gasteiger partial charge in [0, 0.05) is 36.9 Å². The van der Waals surface area contributed by atoms with E-state index in [1.165, 1.54) is 11.3 Å². The molecule has 0 radical (unpaired) electrons.